The minimum absolute atomic E-state index is 0.0879. The number of rotatable bonds is 5. The molecular weight excluding hydrogens is 231 g/mol. The molecule has 0 saturated carbocycles. The molecular formula is C11H16F3N3. The zero-order chi connectivity index (χ0) is 12.9. The van der Waals surface area contributed by atoms with Gasteiger partial charge in [-0.1, -0.05) is 0 Å². The smallest absolute Gasteiger partial charge is 0.312 e. The molecule has 96 valence electrons. The van der Waals surface area contributed by atoms with Crippen LogP contribution in [0.1, 0.15) is 36.7 Å². The summed E-state index contributed by atoms with van der Waals surface area (Å²) < 4.78 is 36.1. The zero-order valence-corrected chi connectivity index (χ0v) is 9.88. The highest BCUT2D eigenvalue weighted by atomic mass is 19.4. The van der Waals surface area contributed by atoms with Crippen LogP contribution >= 0.6 is 0 Å². The van der Waals surface area contributed by atoms with Gasteiger partial charge in [-0.05, 0) is 26.8 Å². The Labute approximate surface area is 98.5 Å². The molecule has 0 aliphatic carbocycles. The summed E-state index contributed by atoms with van der Waals surface area (Å²) in [5.41, 5.74) is 1.47. The van der Waals surface area contributed by atoms with Crippen molar-refractivity contribution >= 4 is 0 Å². The molecule has 1 unspecified atom stereocenters. The summed E-state index contributed by atoms with van der Waals surface area (Å²) in [5.74, 6) is 0. The van der Waals surface area contributed by atoms with E-state index in [4.69, 9.17) is 0 Å². The summed E-state index contributed by atoms with van der Waals surface area (Å²) in [6.07, 6.45) is -1.15. The van der Waals surface area contributed by atoms with Crippen LogP contribution in [0.25, 0.3) is 0 Å². The second-order valence-electron chi connectivity index (χ2n) is 3.93. The normalized spacial score (nSPS) is 13.7. The van der Waals surface area contributed by atoms with Gasteiger partial charge in [-0.25, -0.2) is 0 Å². The van der Waals surface area contributed by atoms with Gasteiger partial charge >= 0.3 is 6.18 Å². The summed E-state index contributed by atoms with van der Waals surface area (Å²) in [5, 5.41) is 2.95. The van der Waals surface area contributed by atoms with Crippen molar-refractivity contribution in [1.29, 1.82) is 0 Å². The molecule has 1 aromatic heterocycles. The summed E-state index contributed by atoms with van der Waals surface area (Å²) in [6.45, 7) is 1.81. The van der Waals surface area contributed by atoms with Gasteiger partial charge in [0.05, 0.1) is 23.6 Å². The minimum Gasteiger partial charge on any atom is -0.312 e. The van der Waals surface area contributed by atoms with Gasteiger partial charge in [0.2, 0.25) is 0 Å². The van der Waals surface area contributed by atoms with E-state index in [2.05, 4.69) is 15.3 Å². The Kier molecular flexibility index (Phi) is 4.86. The molecule has 6 heteroatoms. The Morgan fingerprint density at radius 2 is 2.00 bits per heavy atom. The summed E-state index contributed by atoms with van der Waals surface area (Å²) in [6, 6.07) is -0.176. The highest BCUT2D eigenvalue weighted by Crippen LogP contribution is 2.25. The van der Waals surface area contributed by atoms with Crippen molar-refractivity contribution in [2.24, 2.45) is 0 Å². The molecule has 1 aromatic rings. The van der Waals surface area contributed by atoms with Crippen molar-refractivity contribution in [3.63, 3.8) is 0 Å². The predicted octanol–water partition coefficient (Wildman–Crippen LogP) is 2.78. The molecule has 0 aliphatic rings. The van der Waals surface area contributed by atoms with Crippen LogP contribution in [-0.4, -0.2) is 23.2 Å². The number of nitrogens with zero attached hydrogens (tertiary/aromatic N) is 2. The van der Waals surface area contributed by atoms with E-state index in [1.807, 2.05) is 6.92 Å². The number of alkyl halides is 3. The topological polar surface area (TPSA) is 37.8 Å². The molecule has 0 bridgehead atoms. The minimum atomic E-state index is -4.09. The first-order valence-electron chi connectivity index (χ1n) is 5.45. The van der Waals surface area contributed by atoms with Crippen LogP contribution in [0.2, 0.25) is 0 Å². The first-order chi connectivity index (χ1) is 7.92. The van der Waals surface area contributed by atoms with Gasteiger partial charge in [0.25, 0.3) is 0 Å². The fourth-order valence-electron chi connectivity index (χ4n) is 1.53. The number of hydrogen-bond donors (Lipinski definition) is 1. The van der Waals surface area contributed by atoms with Crippen molar-refractivity contribution < 1.29 is 13.2 Å². The molecule has 3 nitrogen and oxygen atoms in total. The fraction of sp³-hybridized carbons (Fsp3) is 0.636. The maximum absolute atomic E-state index is 12.0. The van der Waals surface area contributed by atoms with Crippen LogP contribution in [0.5, 0.6) is 0 Å². The van der Waals surface area contributed by atoms with Crippen molar-refractivity contribution in [1.82, 2.24) is 15.3 Å². The summed E-state index contributed by atoms with van der Waals surface area (Å²) in [7, 11) is 1.71. The van der Waals surface area contributed by atoms with E-state index < -0.39 is 12.6 Å². The number of halogens is 3. The molecule has 1 atom stereocenters. The van der Waals surface area contributed by atoms with Crippen LogP contribution in [0.15, 0.2) is 12.4 Å². The van der Waals surface area contributed by atoms with E-state index in [1.54, 1.807) is 19.4 Å². The van der Waals surface area contributed by atoms with Crippen LogP contribution in [0.4, 0.5) is 13.2 Å². The van der Waals surface area contributed by atoms with Crippen LogP contribution in [0.3, 0.4) is 0 Å². The molecule has 1 rings (SSSR count). The maximum Gasteiger partial charge on any atom is 0.389 e. The average molecular weight is 247 g/mol. The number of nitrogens with one attached hydrogen (secondary N) is 1. The Bertz CT molecular complexity index is 335. The van der Waals surface area contributed by atoms with Gasteiger partial charge in [-0.3, -0.25) is 9.97 Å². The summed E-state index contributed by atoms with van der Waals surface area (Å²) in [4.78, 5) is 8.24. The fourth-order valence-corrected chi connectivity index (χ4v) is 1.53. The summed E-state index contributed by atoms with van der Waals surface area (Å²) >= 11 is 0. The highest BCUT2D eigenvalue weighted by Gasteiger charge is 2.26. The van der Waals surface area contributed by atoms with Crippen LogP contribution in [-0.2, 0) is 0 Å². The van der Waals surface area contributed by atoms with Crippen LogP contribution < -0.4 is 5.32 Å². The maximum atomic E-state index is 12.0. The Hall–Kier alpha value is -1.17. The third kappa shape index (κ3) is 5.12. The van der Waals surface area contributed by atoms with E-state index in [-0.39, 0.29) is 12.5 Å². The quantitative estimate of drug-likeness (QED) is 0.869. The predicted molar refractivity (Wildman–Crippen MR) is 58.5 cm³/mol. The van der Waals surface area contributed by atoms with Crippen molar-refractivity contribution in [2.45, 2.75) is 38.4 Å². The molecule has 17 heavy (non-hydrogen) atoms. The SMILES string of the molecule is CNC(CCCC(F)(F)F)c1cnc(C)cn1. The Balaban J connectivity index is 2.51. The lowest BCUT2D eigenvalue weighted by molar-refractivity contribution is -0.135. The number of aromatic nitrogens is 2. The van der Waals surface area contributed by atoms with Gasteiger partial charge < -0.3 is 5.32 Å². The molecule has 1 heterocycles. The second-order valence-corrected chi connectivity index (χ2v) is 3.93. The first-order valence-corrected chi connectivity index (χ1v) is 5.45. The third-order valence-corrected chi connectivity index (χ3v) is 2.46. The molecule has 0 aromatic carbocycles. The Morgan fingerprint density at radius 3 is 2.47 bits per heavy atom. The lowest BCUT2D eigenvalue weighted by Gasteiger charge is -2.15. The second kappa shape index (κ2) is 5.95. The van der Waals surface area contributed by atoms with Crippen LogP contribution in [0, 0.1) is 6.92 Å². The van der Waals surface area contributed by atoms with Gasteiger partial charge in [-0.2, -0.15) is 13.2 Å². The first kappa shape index (κ1) is 13.9. The molecule has 0 fully saturated rings. The largest absolute Gasteiger partial charge is 0.389 e. The molecule has 0 aliphatic heterocycles. The van der Waals surface area contributed by atoms with Crippen molar-refractivity contribution in [3.05, 3.63) is 23.8 Å². The van der Waals surface area contributed by atoms with Gasteiger partial charge in [0.1, 0.15) is 0 Å². The third-order valence-electron chi connectivity index (χ3n) is 2.46. The Morgan fingerprint density at radius 1 is 1.29 bits per heavy atom. The van der Waals surface area contributed by atoms with Gasteiger partial charge in [0, 0.05) is 12.6 Å². The van der Waals surface area contributed by atoms with Gasteiger partial charge in [-0.15, -0.1) is 0 Å². The molecule has 1 N–H and O–H groups in total. The van der Waals surface area contributed by atoms with Crippen molar-refractivity contribution in [3.8, 4) is 0 Å². The van der Waals surface area contributed by atoms with E-state index in [9.17, 15) is 13.2 Å². The highest BCUT2D eigenvalue weighted by molar-refractivity contribution is 5.05. The van der Waals surface area contributed by atoms with E-state index in [0.717, 1.165) is 5.69 Å². The van der Waals surface area contributed by atoms with Gasteiger partial charge in [0.15, 0.2) is 0 Å². The van der Waals surface area contributed by atoms with E-state index in [0.29, 0.717) is 12.1 Å². The van der Waals surface area contributed by atoms with E-state index >= 15 is 0 Å². The molecule has 0 radical (unpaired) electrons. The number of hydrogen-bond acceptors (Lipinski definition) is 3. The van der Waals surface area contributed by atoms with Crippen molar-refractivity contribution in [2.75, 3.05) is 7.05 Å². The zero-order valence-electron chi connectivity index (χ0n) is 9.88. The lowest BCUT2D eigenvalue weighted by atomic mass is 10.1. The van der Waals surface area contributed by atoms with E-state index in [1.165, 1.54) is 0 Å². The lowest BCUT2D eigenvalue weighted by Crippen LogP contribution is -2.19. The monoisotopic (exact) mass is 247 g/mol. The average Bonchev–Trinajstić information content (AvgIpc) is 2.24. The molecule has 0 amide bonds. The number of aryl methyl sites for hydroxylation is 1. The molecule has 0 spiro atoms. The standard InChI is InChI=1S/C11H16F3N3/c1-8-6-17-10(7-16-8)9(15-2)4-3-5-11(12,13)14/h6-7,9,15H,3-5H2,1-2H3. The molecule has 0 saturated heterocycles.